The van der Waals surface area contributed by atoms with E-state index in [4.69, 9.17) is 0 Å². The highest BCUT2D eigenvalue weighted by molar-refractivity contribution is 9.10. The lowest BCUT2D eigenvalue weighted by molar-refractivity contribution is 0.0965. The number of carbonyl (C=O) groups is 1. The van der Waals surface area contributed by atoms with E-state index in [0.717, 1.165) is 4.47 Å². The van der Waals surface area contributed by atoms with E-state index >= 15 is 4.39 Å². The smallest absolute Gasteiger partial charge is 0.212 e. The number of ketones is 1. The Morgan fingerprint density at radius 1 is 0.857 bits per heavy atom. The van der Waals surface area contributed by atoms with Crippen LogP contribution in [-0.2, 0) is 9.84 Å². The summed E-state index contributed by atoms with van der Waals surface area (Å²) in [6, 6.07) is 22.6. The number of hydrogen-bond donors (Lipinski definition) is 0. The van der Waals surface area contributed by atoms with Crippen molar-refractivity contribution in [2.45, 2.75) is 22.7 Å². The molecule has 0 heterocycles. The average molecular weight is 461 g/mol. The van der Waals surface area contributed by atoms with Crippen molar-refractivity contribution in [2.24, 2.45) is 0 Å². The van der Waals surface area contributed by atoms with E-state index in [1.807, 2.05) is 0 Å². The van der Waals surface area contributed by atoms with Crippen molar-refractivity contribution >= 4 is 31.6 Å². The van der Waals surface area contributed by atoms with Gasteiger partial charge in [0.05, 0.1) is 4.90 Å². The van der Waals surface area contributed by atoms with Gasteiger partial charge in [-0.1, -0.05) is 76.6 Å². The van der Waals surface area contributed by atoms with Gasteiger partial charge in [-0.15, -0.1) is 0 Å². The molecule has 28 heavy (non-hydrogen) atoms. The van der Waals surface area contributed by atoms with Gasteiger partial charge in [0.25, 0.3) is 0 Å². The number of hydrogen-bond acceptors (Lipinski definition) is 3. The van der Waals surface area contributed by atoms with Crippen molar-refractivity contribution in [3.05, 3.63) is 101 Å². The molecule has 0 saturated heterocycles. The molecule has 144 valence electrons. The zero-order valence-electron chi connectivity index (χ0n) is 14.8. The fourth-order valence-electron chi connectivity index (χ4n) is 2.97. The molecule has 0 amide bonds. The third-order valence-electron chi connectivity index (χ3n) is 4.48. The SMILES string of the molecule is O=C(C[C@H](c1ccccc1)[C@H](F)S(=O)(=O)c1ccccc1)c1ccc(Br)cc1. The van der Waals surface area contributed by atoms with Crippen LogP contribution in [0, 0.1) is 0 Å². The van der Waals surface area contributed by atoms with Crippen LogP contribution in [0.5, 0.6) is 0 Å². The average Bonchev–Trinajstić information content (AvgIpc) is 2.73. The monoisotopic (exact) mass is 460 g/mol. The van der Waals surface area contributed by atoms with E-state index in [1.54, 1.807) is 72.8 Å². The minimum Gasteiger partial charge on any atom is -0.294 e. The van der Waals surface area contributed by atoms with Crippen molar-refractivity contribution in [3.8, 4) is 0 Å². The molecular weight excluding hydrogens is 443 g/mol. The maximum absolute atomic E-state index is 15.4. The number of sulfone groups is 1. The van der Waals surface area contributed by atoms with Crippen LogP contribution < -0.4 is 0 Å². The standard InChI is InChI=1S/C22H18BrFO3S/c23-18-13-11-17(12-14-18)21(25)15-20(16-7-3-1-4-8-16)22(24)28(26,27)19-9-5-2-6-10-19/h1-14,20,22H,15H2/t20-,22-/m1/s1. The van der Waals surface area contributed by atoms with Gasteiger partial charge < -0.3 is 0 Å². The molecule has 3 aromatic carbocycles. The lowest BCUT2D eigenvalue weighted by Crippen LogP contribution is -2.26. The van der Waals surface area contributed by atoms with Crippen LogP contribution in [0.4, 0.5) is 4.39 Å². The van der Waals surface area contributed by atoms with Gasteiger partial charge in [0.2, 0.25) is 15.3 Å². The van der Waals surface area contributed by atoms with Crippen molar-refractivity contribution in [3.63, 3.8) is 0 Å². The summed E-state index contributed by atoms with van der Waals surface area (Å²) in [7, 11) is -4.25. The Kier molecular flexibility index (Phi) is 6.42. The minimum atomic E-state index is -4.25. The Morgan fingerprint density at radius 2 is 1.39 bits per heavy atom. The molecule has 3 aromatic rings. The number of benzene rings is 3. The zero-order chi connectivity index (χ0) is 20.1. The maximum atomic E-state index is 15.4. The van der Waals surface area contributed by atoms with E-state index in [-0.39, 0.29) is 17.1 Å². The predicted octanol–water partition coefficient (Wildman–Crippen LogP) is 5.58. The normalized spacial score (nSPS) is 13.6. The van der Waals surface area contributed by atoms with Crippen LogP contribution in [0.1, 0.15) is 28.3 Å². The largest absolute Gasteiger partial charge is 0.294 e. The van der Waals surface area contributed by atoms with E-state index < -0.39 is 21.3 Å². The Morgan fingerprint density at radius 3 is 1.96 bits per heavy atom. The molecular formula is C22H18BrFO3S. The second-order valence-corrected chi connectivity index (χ2v) is 9.29. The summed E-state index contributed by atoms with van der Waals surface area (Å²) in [5.74, 6) is -1.42. The first-order valence-corrected chi connectivity index (χ1v) is 11.0. The van der Waals surface area contributed by atoms with E-state index in [0.29, 0.717) is 11.1 Å². The topological polar surface area (TPSA) is 51.2 Å². The van der Waals surface area contributed by atoms with Gasteiger partial charge in [0.1, 0.15) is 0 Å². The number of rotatable bonds is 7. The van der Waals surface area contributed by atoms with E-state index in [2.05, 4.69) is 15.9 Å². The lowest BCUT2D eigenvalue weighted by Gasteiger charge is -2.21. The molecule has 0 aliphatic rings. The highest BCUT2D eigenvalue weighted by atomic mass is 79.9. The quantitative estimate of drug-likeness (QED) is 0.432. The molecule has 0 aliphatic heterocycles. The summed E-state index contributed by atoms with van der Waals surface area (Å²) in [6.45, 7) is 0. The van der Waals surface area contributed by atoms with Crippen molar-refractivity contribution in [1.82, 2.24) is 0 Å². The predicted molar refractivity (Wildman–Crippen MR) is 111 cm³/mol. The second-order valence-electron chi connectivity index (χ2n) is 6.36. The fourth-order valence-corrected chi connectivity index (χ4v) is 4.72. The van der Waals surface area contributed by atoms with Crippen LogP contribution >= 0.6 is 15.9 Å². The number of halogens is 2. The summed E-state index contributed by atoms with van der Waals surface area (Å²) < 4.78 is 41.9. The Labute approximate surface area is 172 Å². The molecule has 0 saturated carbocycles. The summed E-state index contributed by atoms with van der Waals surface area (Å²) >= 11 is 3.31. The highest BCUT2D eigenvalue weighted by Gasteiger charge is 2.37. The Bertz CT molecular complexity index is 1040. The Hall–Kier alpha value is -2.31. The minimum absolute atomic E-state index is 0.0977. The molecule has 0 aromatic heterocycles. The molecule has 0 radical (unpaired) electrons. The van der Waals surface area contributed by atoms with E-state index in [9.17, 15) is 13.2 Å². The van der Waals surface area contributed by atoms with E-state index in [1.165, 1.54) is 12.1 Å². The molecule has 0 N–H and O–H groups in total. The fraction of sp³-hybridized carbons (Fsp3) is 0.136. The highest BCUT2D eigenvalue weighted by Crippen LogP contribution is 2.33. The lowest BCUT2D eigenvalue weighted by atomic mass is 9.92. The molecule has 0 spiro atoms. The van der Waals surface area contributed by atoms with Gasteiger partial charge in [0.15, 0.2) is 5.78 Å². The van der Waals surface area contributed by atoms with Gasteiger partial charge in [-0.2, -0.15) is 0 Å². The van der Waals surface area contributed by atoms with Crippen molar-refractivity contribution < 1.29 is 17.6 Å². The molecule has 3 nitrogen and oxygen atoms in total. The summed E-state index contributed by atoms with van der Waals surface area (Å²) in [5.41, 5.74) is -1.36. The zero-order valence-corrected chi connectivity index (χ0v) is 17.2. The number of Topliss-reactive ketones (excluding diaryl/α,β-unsaturated/α-hetero) is 1. The van der Waals surface area contributed by atoms with Crippen molar-refractivity contribution in [1.29, 1.82) is 0 Å². The van der Waals surface area contributed by atoms with Crippen LogP contribution in [0.25, 0.3) is 0 Å². The van der Waals surface area contributed by atoms with Crippen LogP contribution in [0.3, 0.4) is 0 Å². The molecule has 0 unspecified atom stereocenters. The van der Waals surface area contributed by atoms with Crippen LogP contribution in [-0.4, -0.2) is 19.7 Å². The third kappa shape index (κ3) is 4.56. The number of alkyl halides is 1. The summed E-state index contributed by atoms with van der Waals surface area (Å²) in [5, 5.41) is 0. The van der Waals surface area contributed by atoms with Crippen molar-refractivity contribution in [2.75, 3.05) is 0 Å². The second kappa shape index (κ2) is 8.80. The van der Waals surface area contributed by atoms with Gasteiger partial charge >= 0.3 is 0 Å². The molecule has 0 aliphatic carbocycles. The van der Waals surface area contributed by atoms with Gasteiger partial charge in [0, 0.05) is 22.4 Å². The van der Waals surface area contributed by atoms with Crippen LogP contribution in [0.15, 0.2) is 94.3 Å². The van der Waals surface area contributed by atoms with Gasteiger partial charge in [-0.25, -0.2) is 12.8 Å². The first-order chi connectivity index (χ1) is 13.4. The molecule has 0 fully saturated rings. The van der Waals surface area contributed by atoms with Crippen LogP contribution in [0.2, 0.25) is 0 Å². The summed E-state index contributed by atoms with van der Waals surface area (Å²) in [4.78, 5) is 12.6. The molecule has 3 rings (SSSR count). The van der Waals surface area contributed by atoms with Gasteiger partial charge in [-0.05, 0) is 29.8 Å². The molecule has 2 atom stereocenters. The maximum Gasteiger partial charge on any atom is 0.212 e. The summed E-state index contributed by atoms with van der Waals surface area (Å²) in [6.07, 6.45) is -0.251. The first-order valence-electron chi connectivity index (χ1n) is 8.66. The van der Waals surface area contributed by atoms with Gasteiger partial charge in [-0.3, -0.25) is 4.79 Å². The number of carbonyl (C=O) groups excluding carboxylic acids is 1. The molecule has 0 bridgehead atoms. The molecule has 6 heteroatoms. The Balaban J connectivity index is 1.96. The third-order valence-corrected chi connectivity index (χ3v) is 6.86. The first kappa shape index (κ1) is 20.4.